The van der Waals surface area contributed by atoms with Crippen molar-refractivity contribution in [1.29, 1.82) is 0 Å². The van der Waals surface area contributed by atoms with Crippen molar-refractivity contribution in [2.45, 2.75) is 12.8 Å². The van der Waals surface area contributed by atoms with Gasteiger partial charge in [0, 0.05) is 24.1 Å². The number of carbonyl (C=O) groups is 1. The minimum atomic E-state index is -3.27. The third-order valence-corrected chi connectivity index (χ3v) is 3.25. The summed E-state index contributed by atoms with van der Waals surface area (Å²) in [6.07, 6.45) is 2.97. The van der Waals surface area contributed by atoms with Gasteiger partial charge in [-0.05, 0) is 36.4 Å². The highest BCUT2D eigenvalue weighted by molar-refractivity contribution is 7.92. The largest absolute Gasteiger partial charge is 0.461 e. The Labute approximate surface area is 117 Å². The number of anilines is 1. The Morgan fingerprint density at radius 2 is 1.85 bits per heavy atom. The van der Waals surface area contributed by atoms with E-state index in [0.717, 1.165) is 23.9 Å². The maximum atomic E-state index is 11.1. The molecule has 0 saturated carbocycles. The van der Waals surface area contributed by atoms with Crippen molar-refractivity contribution in [1.82, 2.24) is 0 Å². The average molecular weight is 293 g/mol. The van der Waals surface area contributed by atoms with Gasteiger partial charge in [-0.1, -0.05) is 0 Å². The molecular formula is C14H15NO4S. The highest BCUT2D eigenvalue weighted by Crippen LogP contribution is 2.24. The van der Waals surface area contributed by atoms with Gasteiger partial charge in [-0.2, -0.15) is 0 Å². The van der Waals surface area contributed by atoms with Crippen LogP contribution >= 0.6 is 0 Å². The topological polar surface area (TPSA) is 76.4 Å². The van der Waals surface area contributed by atoms with Crippen molar-refractivity contribution in [2.75, 3.05) is 11.0 Å². The highest BCUT2D eigenvalue weighted by atomic mass is 32.2. The van der Waals surface area contributed by atoms with E-state index < -0.39 is 10.0 Å². The molecule has 5 nitrogen and oxygen atoms in total. The molecule has 0 amide bonds. The average Bonchev–Trinajstić information content (AvgIpc) is 2.84. The van der Waals surface area contributed by atoms with Gasteiger partial charge in [0.25, 0.3) is 0 Å². The van der Waals surface area contributed by atoms with E-state index in [2.05, 4.69) is 4.72 Å². The molecule has 2 aromatic rings. The van der Waals surface area contributed by atoms with E-state index in [0.29, 0.717) is 24.3 Å². The van der Waals surface area contributed by atoms with Crippen LogP contribution in [0.4, 0.5) is 5.69 Å². The molecule has 1 heterocycles. The van der Waals surface area contributed by atoms with E-state index in [-0.39, 0.29) is 0 Å². The van der Waals surface area contributed by atoms with Crippen LogP contribution in [-0.2, 0) is 21.2 Å². The van der Waals surface area contributed by atoms with Crippen LogP contribution in [0.25, 0.3) is 11.3 Å². The monoisotopic (exact) mass is 293 g/mol. The van der Waals surface area contributed by atoms with E-state index >= 15 is 0 Å². The van der Waals surface area contributed by atoms with Gasteiger partial charge in [0.2, 0.25) is 10.0 Å². The first-order valence-corrected chi connectivity index (χ1v) is 7.97. The van der Waals surface area contributed by atoms with Crippen LogP contribution < -0.4 is 4.72 Å². The molecule has 0 radical (unpaired) electrons. The molecule has 0 fully saturated rings. The molecule has 0 bridgehead atoms. The summed E-state index contributed by atoms with van der Waals surface area (Å²) in [4.78, 5) is 10.3. The summed E-state index contributed by atoms with van der Waals surface area (Å²) in [6.45, 7) is 0. The van der Waals surface area contributed by atoms with Crippen molar-refractivity contribution in [3.8, 4) is 11.3 Å². The van der Waals surface area contributed by atoms with Crippen LogP contribution in [-0.4, -0.2) is 21.0 Å². The SMILES string of the molecule is CS(=O)(=O)Nc1ccc(-c2ccc(CCC=O)o2)cc1. The lowest BCUT2D eigenvalue weighted by Crippen LogP contribution is -2.09. The Kier molecular flexibility index (Phi) is 4.24. The first-order chi connectivity index (χ1) is 9.48. The molecule has 2 rings (SSSR count). The van der Waals surface area contributed by atoms with Gasteiger partial charge in [-0.25, -0.2) is 8.42 Å². The summed E-state index contributed by atoms with van der Waals surface area (Å²) in [7, 11) is -3.27. The first-order valence-electron chi connectivity index (χ1n) is 6.08. The Balaban J connectivity index is 2.13. The van der Waals surface area contributed by atoms with Gasteiger partial charge in [0.1, 0.15) is 17.8 Å². The molecule has 0 unspecified atom stereocenters. The number of furan rings is 1. The summed E-state index contributed by atoms with van der Waals surface area (Å²) in [5.41, 5.74) is 1.35. The number of hydrogen-bond donors (Lipinski definition) is 1. The van der Waals surface area contributed by atoms with Crippen molar-refractivity contribution in [3.05, 3.63) is 42.2 Å². The molecule has 1 aromatic heterocycles. The van der Waals surface area contributed by atoms with Crippen molar-refractivity contribution in [3.63, 3.8) is 0 Å². The second-order valence-corrected chi connectivity index (χ2v) is 6.17. The Morgan fingerprint density at radius 3 is 2.45 bits per heavy atom. The lowest BCUT2D eigenvalue weighted by Gasteiger charge is -2.04. The second-order valence-electron chi connectivity index (χ2n) is 4.42. The molecule has 0 aliphatic rings. The summed E-state index contributed by atoms with van der Waals surface area (Å²) in [6, 6.07) is 10.6. The molecule has 6 heteroatoms. The fourth-order valence-corrected chi connectivity index (χ4v) is 2.35. The van der Waals surface area contributed by atoms with Crippen LogP contribution in [0, 0.1) is 0 Å². The molecule has 0 aliphatic heterocycles. The molecule has 1 N–H and O–H groups in total. The van der Waals surface area contributed by atoms with Gasteiger partial charge in [0.05, 0.1) is 6.26 Å². The third-order valence-electron chi connectivity index (χ3n) is 2.64. The van der Waals surface area contributed by atoms with Crippen molar-refractivity contribution >= 4 is 22.0 Å². The Hall–Kier alpha value is -2.08. The zero-order chi connectivity index (χ0) is 14.6. The van der Waals surface area contributed by atoms with E-state index in [9.17, 15) is 13.2 Å². The van der Waals surface area contributed by atoms with Crippen LogP contribution in [0.15, 0.2) is 40.8 Å². The van der Waals surface area contributed by atoms with E-state index in [1.165, 1.54) is 0 Å². The van der Waals surface area contributed by atoms with Crippen LogP contribution in [0.5, 0.6) is 0 Å². The van der Waals surface area contributed by atoms with Crippen LogP contribution in [0.2, 0.25) is 0 Å². The van der Waals surface area contributed by atoms with Gasteiger partial charge in [0.15, 0.2) is 0 Å². The standard InChI is InChI=1S/C14H15NO4S/c1-20(17,18)15-12-6-4-11(5-7-12)14-9-8-13(19-14)3-2-10-16/h4-10,15H,2-3H2,1H3. The maximum absolute atomic E-state index is 11.1. The normalized spacial score (nSPS) is 11.2. The number of benzene rings is 1. The molecule has 0 aliphatic carbocycles. The molecule has 106 valence electrons. The highest BCUT2D eigenvalue weighted by Gasteiger charge is 2.06. The first kappa shape index (κ1) is 14.3. The number of hydrogen-bond acceptors (Lipinski definition) is 4. The molecule has 0 spiro atoms. The van der Waals surface area contributed by atoms with Gasteiger partial charge in [-0.3, -0.25) is 4.72 Å². The van der Waals surface area contributed by atoms with Crippen LogP contribution in [0.3, 0.4) is 0 Å². The minimum Gasteiger partial charge on any atom is -0.461 e. The molecule has 20 heavy (non-hydrogen) atoms. The quantitative estimate of drug-likeness (QED) is 0.830. The minimum absolute atomic E-state index is 0.435. The Bertz CT molecular complexity index is 686. The van der Waals surface area contributed by atoms with Gasteiger partial charge in [-0.15, -0.1) is 0 Å². The van der Waals surface area contributed by atoms with E-state index in [4.69, 9.17) is 4.42 Å². The molecular weight excluding hydrogens is 278 g/mol. The van der Waals surface area contributed by atoms with Crippen molar-refractivity contribution in [2.24, 2.45) is 0 Å². The fourth-order valence-electron chi connectivity index (χ4n) is 1.79. The predicted molar refractivity (Wildman–Crippen MR) is 77.0 cm³/mol. The zero-order valence-corrected chi connectivity index (χ0v) is 11.8. The van der Waals surface area contributed by atoms with Crippen molar-refractivity contribution < 1.29 is 17.6 Å². The second kappa shape index (κ2) is 5.92. The van der Waals surface area contributed by atoms with E-state index in [1.807, 2.05) is 12.1 Å². The number of nitrogens with one attached hydrogen (secondary N) is 1. The number of sulfonamides is 1. The zero-order valence-electron chi connectivity index (χ0n) is 11.0. The molecule has 1 aromatic carbocycles. The fraction of sp³-hybridized carbons (Fsp3) is 0.214. The molecule has 0 atom stereocenters. The van der Waals surface area contributed by atoms with Crippen LogP contribution in [0.1, 0.15) is 12.2 Å². The summed E-state index contributed by atoms with van der Waals surface area (Å²) < 4.78 is 30.2. The number of rotatable bonds is 6. The molecule has 0 saturated heterocycles. The lowest BCUT2D eigenvalue weighted by atomic mass is 10.1. The number of aldehydes is 1. The van der Waals surface area contributed by atoms with Gasteiger partial charge >= 0.3 is 0 Å². The van der Waals surface area contributed by atoms with E-state index in [1.54, 1.807) is 24.3 Å². The lowest BCUT2D eigenvalue weighted by molar-refractivity contribution is -0.107. The predicted octanol–water partition coefficient (Wildman–Crippen LogP) is 2.45. The summed E-state index contributed by atoms with van der Waals surface area (Å²) in [5.74, 6) is 1.45. The Morgan fingerprint density at radius 1 is 1.15 bits per heavy atom. The summed E-state index contributed by atoms with van der Waals surface area (Å²) in [5, 5.41) is 0. The number of carbonyl (C=O) groups excluding carboxylic acids is 1. The third kappa shape index (κ3) is 3.96. The number of aryl methyl sites for hydroxylation is 1. The smallest absolute Gasteiger partial charge is 0.229 e. The maximum Gasteiger partial charge on any atom is 0.229 e. The van der Waals surface area contributed by atoms with Gasteiger partial charge < -0.3 is 9.21 Å². The summed E-state index contributed by atoms with van der Waals surface area (Å²) >= 11 is 0.